The van der Waals surface area contributed by atoms with Crippen LogP contribution < -0.4 is 0 Å². The SMILES string of the molecule is C[SiH3].O=C1O[C@H](C(O)CO)C(O)=C1O. The summed E-state index contributed by atoms with van der Waals surface area (Å²) in [6, 6.07) is 0. The van der Waals surface area contributed by atoms with Gasteiger partial charge in [-0.3, -0.25) is 0 Å². The lowest BCUT2D eigenvalue weighted by molar-refractivity contribution is -0.147. The van der Waals surface area contributed by atoms with Gasteiger partial charge in [-0.05, 0) is 10.2 Å². The molecule has 6 nitrogen and oxygen atoms in total. The van der Waals surface area contributed by atoms with Crippen molar-refractivity contribution in [3.8, 4) is 0 Å². The molecule has 14 heavy (non-hydrogen) atoms. The summed E-state index contributed by atoms with van der Waals surface area (Å²) in [5.41, 5.74) is 0. The van der Waals surface area contributed by atoms with Gasteiger partial charge in [0.1, 0.15) is 6.10 Å². The fraction of sp³-hybridized carbons (Fsp3) is 0.571. The van der Waals surface area contributed by atoms with E-state index in [1.54, 1.807) is 0 Å². The molecule has 1 rings (SSSR count). The van der Waals surface area contributed by atoms with Crippen molar-refractivity contribution >= 4 is 16.2 Å². The lowest BCUT2D eigenvalue weighted by Gasteiger charge is -2.13. The molecule has 0 spiro atoms. The smallest absolute Gasteiger partial charge is 0.377 e. The molecule has 0 fully saturated rings. The highest BCUT2D eigenvalue weighted by molar-refractivity contribution is 6.05. The van der Waals surface area contributed by atoms with Gasteiger partial charge in [-0.1, -0.05) is 6.55 Å². The zero-order valence-corrected chi connectivity index (χ0v) is 9.97. The molecule has 4 N–H and O–H groups in total. The monoisotopic (exact) mass is 222 g/mol. The van der Waals surface area contributed by atoms with Gasteiger partial charge in [0.25, 0.3) is 0 Å². The van der Waals surface area contributed by atoms with Gasteiger partial charge in [0.05, 0.1) is 6.61 Å². The minimum absolute atomic E-state index is 0.671. The normalized spacial score (nSPS) is 22.8. The number of ether oxygens (including phenoxy) is 1. The third-order valence-electron chi connectivity index (χ3n) is 1.48. The van der Waals surface area contributed by atoms with Crippen LogP contribution in [0.1, 0.15) is 0 Å². The second kappa shape index (κ2) is 5.63. The number of esters is 1. The van der Waals surface area contributed by atoms with Crippen molar-refractivity contribution in [2.45, 2.75) is 18.8 Å². The summed E-state index contributed by atoms with van der Waals surface area (Å²) in [6.07, 6.45) is -2.78. The quantitative estimate of drug-likeness (QED) is 0.318. The van der Waals surface area contributed by atoms with Crippen LogP contribution in [0.15, 0.2) is 11.5 Å². The first-order valence-corrected chi connectivity index (χ1v) is 6.20. The Morgan fingerprint density at radius 1 is 1.50 bits per heavy atom. The molecule has 0 aliphatic carbocycles. The van der Waals surface area contributed by atoms with Crippen molar-refractivity contribution in [2.24, 2.45) is 0 Å². The Morgan fingerprint density at radius 3 is 2.29 bits per heavy atom. The Kier molecular flexibility index (Phi) is 5.21. The van der Waals surface area contributed by atoms with Crippen molar-refractivity contribution in [2.75, 3.05) is 6.61 Å². The van der Waals surface area contributed by atoms with E-state index in [-0.39, 0.29) is 0 Å². The standard InChI is InChI=1S/C6H8O6.CH6Si/c7-1-2(8)5-3(9)4(10)6(11)12-5;1-2/h2,5,7-10H,1H2;1-2H3/t2?,5-;/m1./s1. The fourth-order valence-corrected chi connectivity index (χ4v) is 0.823. The van der Waals surface area contributed by atoms with Crippen molar-refractivity contribution < 1.29 is 30.0 Å². The molecule has 0 bridgehead atoms. The van der Waals surface area contributed by atoms with E-state index in [9.17, 15) is 4.79 Å². The molecule has 82 valence electrons. The number of hydrogen-bond acceptors (Lipinski definition) is 6. The van der Waals surface area contributed by atoms with Crippen LogP contribution in [0.25, 0.3) is 0 Å². The van der Waals surface area contributed by atoms with Crippen LogP contribution in [0, 0.1) is 0 Å². The van der Waals surface area contributed by atoms with Crippen LogP contribution in [0.3, 0.4) is 0 Å². The molecule has 7 heteroatoms. The van der Waals surface area contributed by atoms with Crippen LogP contribution >= 0.6 is 0 Å². The van der Waals surface area contributed by atoms with E-state index in [0.717, 1.165) is 0 Å². The van der Waals surface area contributed by atoms with Crippen LogP contribution in [-0.2, 0) is 9.53 Å². The first-order valence-electron chi connectivity index (χ1n) is 4.20. The topological polar surface area (TPSA) is 107 Å². The summed E-state index contributed by atoms with van der Waals surface area (Å²) in [5.74, 6) is -2.78. The van der Waals surface area contributed by atoms with E-state index < -0.39 is 36.3 Å². The van der Waals surface area contributed by atoms with E-state index in [2.05, 4.69) is 11.3 Å². The lowest BCUT2D eigenvalue weighted by Crippen LogP contribution is -2.31. The van der Waals surface area contributed by atoms with Gasteiger partial charge in [0.15, 0.2) is 11.9 Å². The summed E-state index contributed by atoms with van der Waals surface area (Å²) in [7, 11) is 1.31. The predicted octanol–water partition coefficient (Wildman–Crippen LogP) is -2.01. The van der Waals surface area contributed by atoms with Crippen molar-refractivity contribution in [1.82, 2.24) is 0 Å². The molecule has 1 unspecified atom stereocenters. The highest BCUT2D eigenvalue weighted by Gasteiger charge is 2.38. The number of cyclic esters (lactones) is 1. The molecule has 1 aliphatic heterocycles. The molecule has 0 aromatic carbocycles. The highest BCUT2D eigenvalue weighted by Crippen LogP contribution is 2.20. The van der Waals surface area contributed by atoms with Gasteiger partial charge in [0, 0.05) is 0 Å². The molecule has 0 saturated heterocycles. The molecular formula is C7H14O6Si. The maximum absolute atomic E-state index is 10.5. The maximum atomic E-state index is 10.5. The molecule has 1 heterocycles. The van der Waals surface area contributed by atoms with Crippen molar-refractivity contribution in [1.29, 1.82) is 0 Å². The summed E-state index contributed by atoms with van der Waals surface area (Å²) < 4.78 is 4.32. The van der Waals surface area contributed by atoms with E-state index >= 15 is 0 Å². The number of hydrogen-bond donors (Lipinski definition) is 4. The van der Waals surface area contributed by atoms with Crippen LogP contribution in [0.4, 0.5) is 0 Å². The van der Waals surface area contributed by atoms with E-state index in [0.29, 0.717) is 0 Å². The third kappa shape index (κ3) is 2.47. The number of aliphatic hydroxyl groups is 4. The van der Waals surface area contributed by atoms with Gasteiger partial charge in [-0.15, -0.1) is 0 Å². The Hall–Kier alpha value is -1.05. The van der Waals surface area contributed by atoms with Gasteiger partial charge < -0.3 is 25.2 Å². The number of rotatable bonds is 2. The molecule has 0 amide bonds. The van der Waals surface area contributed by atoms with E-state index in [1.807, 2.05) is 0 Å². The number of aliphatic hydroxyl groups excluding tert-OH is 4. The number of carbonyl (C=O) groups excluding carboxylic acids is 1. The first-order chi connectivity index (χ1) is 6.57. The zero-order chi connectivity index (χ0) is 11.3. The predicted molar refractivity (Wildman–Crippen MR) is 51.1 cm³/mol. The highest BCUT2D eigenvalue weighted by atomic mass is 28.1. The van der Waals surface area contributed by atoms with Gasteiger partial charge in [0.2, 0.25) is 5.76 Å². The Labute approximate surface area is 83.9 Å². The molecular weight excluding hydrogens is 208 g/mol. The Morgan fingerprint density at radius 2 is 2.00 bits per heavy atom. The average molecular weight is 222 g/mol. The van der Waals surface area contributed by atoms with E-state index in [1.165, 1.54) is 10.2 Å². The first kappa shape index (κ1) is 12.9. The molecule has 2 atom stereocenters. The third-order valence-corrected chi connectivity index (χ3v) is 1.48. The summed E-state index contributed by atoms with van der Waals surface area (Å²) in [6.45, 7) is 1.47. The zero-order valence-electron chi connectivity index (χ0n) is 7.97. The molecule has 0 saturated carbocycles. The van der Waals surface area contributed by atoms with Crippen LogP contribution in [0.5, 0.6) is 0 Å². The second-order valence-electron chi connectivity index (χ2n) is 2.31. The van der Waals surface area contributed by atoms with E-state index in [4.69, 9.17) is 20.4 Å². The Balaban J connectivity index is 0.000000791. The molecule has 1 aliphatic rings. The lowest BCUT2D eigenvalue weighted by atomic mass is 10.2. The fourth-order valence-electron chi connectivity index (χ4n) is 0.823. The average Bonchev–Trinajstić information content (AvgIpc) is 2.48. The van der Waals surface area contributed by atoms with Crippen molar-refractivity contribution in [3.63, 3.8) is 0 Å². The minimum atomic E-state index is -1.42. The maximum Gasteiger partial charge on any atom is 0.377 e. The van der Waals surface area contributed by atoms with Crippen LogP contribution in [0.2, 0.25) is 6.55 Å². The minimum Gasteiger partial charge on any atom is -0.505 e. The van der Waals surface area contributed by atoms with Crippen molar-refractivity contribution in [3.05, 3.63) is 11.5 Å². The summed E-state index contributed by atoms with van der Waals surface area (Å²) in [5, 5.41) is 35.0. The van der Waals surface area contributed by atoms with Crippen LogP contribution in [-0.4, -0.2) is 55.5 Å². The Bertz CT molecular complexity index is 238. The second-order valence-corrected chi connectivity index (χ2v) is 2.31. The summed E-state index contributed by atoms with van der Waals surface area (Å²) >= 11 is 0. The van der Waals surface area contributed by atoms with Gasteiger partial charge in [-0.2, -0.15) is 0 Å². The largest absolute Gasteiger partial charge is 0.505 e. The van der Waals surface area contributed by atoms with Gasteiger partial charge in [-0.25, -0.2) is 4.79 Å². The number of carbonyl (C=O) groups is 1. The molecule has 0 aromatic heterocycles. The van der Waals surface area contributed by atoms with Gasteiger partial charge >= 0.3 is 5.97 Å². The molecule has 0 aromatic rings. The summed E-state index contributed by atoms with van der Waals surface area (Å²) in [4.78, 5) is 10.5. The molecule has 0 radical (unpaired) electrons.